The lowest BCUT2D eigenvalue weighted by Gasteiger charge is -2.17. The average molecular weight is 453 g/mol. The molecule has 0 fully saturated rings. The van der Waals surface area contributed by atoms with Crippen molar-refractivity contribution in [3.63, 3.8) is 0 Å². The molecule has 6 nitrogen and oxygen atoms in total. The zero-order chi connectivity index (χ0) is 23.5. The van der Waals surface area contributed by atoms with Crippen LogP contribution >= 0.6 is 0 Å². The van der Waals surface area contributed by atoms with Crippen molar-refractivity contribution < 1.29 is 17.9 Å². The molecule has 0 radical (unpaired) electrons. The highest BCUT2D eigenvalue weighted by molar-refractivity contribution is 7.92. The van der Waals surface area contributed by atoms with Crippen molar-refractivity contribution in [1.82, 2.24) is 0 Å². The van der Waals surface area contributed by atoms with Crippen LogP contribution < -0.4 is 14.8 Å². The van der Waals surface area contributed by atoms with Gasteiger partial charge >= 0.3 is 0 Å². The van der Waals surface area contributed by atoms with Crippen LogP contribution in [0.5, 0.6) is 5.75 Å². The van der Waals surface area contributed by atoms with Crippen molar-refractivity contribution in [3.05, 3.63) is 82.9 Å². The van der Waals surface area contributed by atoms with Crippen LogP contribution in [0.25, 0.3) is 0 Å². The number of hydrogen-bond acceptors (Lipinski definition) is 4. The minimum Gasteiger partial charge on any atom is -0.481 e. The number of ether oxygens (including phenoxy) is 1. The van der Waals surface area contributed by atoms with Gasteiger partial charge in [-0.1, -0.05) is 29.8 Å². The van der Waals surface area contributed by atoms with Gasteiger partial charge < -0.3 is 10.1 Å². The van der Waals surface area contributed by atoms with E-state index in [0.717, 1.165) is 22.3 Å². The lowest BCUT2D eigenvalue weighted by Crippen LogP contribution is -2.30. The van der Waals surface area contributed by atoms with E-state index in [4.69, 9.17) is 4.74 Å². The van der Waals surface area contributed by atoms with Crippen LogP contribution in [0.4, 0.5) is 11.4 Å². The fourth-order valence-electron chi connectivity index (χ4n) is 3.19. The Balaban J connectivity index is 1.67. The molecule has 1 atom stereocenters. The maximum absolute atomic E-state index is 12.7. The molecule has 0 heterocycles. The molecule has 0 saturated heterocycles. The molecular weight excluding hydrogens is 424 g/mol. The molecule has 7 heteroatoms. The van der Waals surface area contributed by atoms with Crippen LogP contribution in [0, 0.1) is 27.7 Å². The summed E-state index contributed by atoms with van der Waals surface area (Å²) < 4.78 is 33.9. The fourth-order valence-corrected chi connectivity index (χ4v) is 4.31. The molecule has 1 amide bonds. The van der Waals surface area contributed by atoms with E-state index >= 15 is 0 Å². The largest absolute Gasteiger partial charge is 0.481 e. The predicted octanol–water partition coefficient (Wildman–Crippen LogP) is 5.13. The molecule has 3 aromatic rings. The number of amides is 1. The zero-order valence-corrected chi connectivity index (χ0v) is 19.7. The molecular formula is C25H28N2O4S. The summed E-state index contributed by atoms with van der Waals surface area (Å²) in [6.45, 7) is 9.34. The van der Waals surface area contributed by atoms with Crippen molar-refractivity contribution in [3.8, 4) is 5.75 Å². The number of aryl methyl sites for hydroxylation is 4. The number of sulfonamides is 1. The second-order valence-corrected chi connectivity index (χ2v) is 9.65. The predicted molar refractivity (Wildman–Crippen MR) is 128 cm³/mol. The topological polar surface area (TPSA) is 84.5 Å². The molecule has 0 aliphatic carbocycles. The molecule has 0 saturated carbocycles. The molecule has 0 aromatic heterocycles. The Morgan fingerprint density at radius 1 is 0.844 bits per heavy atom. The van der Waals surface area contributed by atoms with Crippen LogP contribution in [-0.4, -0.2) is 20.4 Å². The average Bonchev–Trinajstić information content (AvgIpc) is 2.73. The summed E-state index contributed by atoms with van der Waals surface area (Å²) in [5.41, 5.74) is 4.89. The van der Waals surface area contributed by atoms with Crippen molar-refractivity contribution in [2.75, 3.05) is 10.0 Å². The summed E-state index contributed by atoms with van der Waals surface area (Å²) in [7, 11) is -3.75. The number of rotatable bonds is 7. The number of benzene rings is 3. The monoisotopic (exact) mass is 452 g/mol. The van der Waals surface area contributed by atoms with Gasteiger partial charge in [0.05, 0.1) is 10.6 Å². The van der Waals surface area contributed by atoms with Gasteiger partial charge in [-0.05, 0) is 87.7 Å². The van der Waals surface area contributed by atoms with E-state index in [1.54, 1.807) is 25.1 Å². The molecule has 0 spiro atoms. The van der Waals surface area contributed by atoms with Gasteiger partial charge in [0, 0.05) is 5.69 Å². The quantitative estimate of drug-likeness (QED) is 0.521. The third kappa shape index (κ3) is 5.68. The molecule has 0 bridgehead atoms. The lowest BCUT2D eigenvalue weighted by atomic mass is 10.1. The van der Waals surface area contributed by atoms with Crippen molar-refractivity contribution in [2.45, 2.75) is 45.6 Å². The standard InChI is InChI=1S/C25H28N2O4S/c1-16-7-13-24(19(4)14-16)31-20(5)25(28)26-21-9-11-22(12-10-21)32(29,30)27-23-15-17(2)6-8-18(23)3/h6-15,20,27H,1-5H3,(H,26,28)/t20-/m0/s1. The lowest BCUT2D eigenvalue weighted by molar-refractivity contribution is -0.122. The number of carbonyl (C=O) groups is 1. The first-order chi connectivity index (χ1) is 15.0. The van der Waals surface area contributed by atoms with Crippen LogP contribution in [0.3, 0.4) is 0 Å². The van der Waals surface area contributed by atoms with E-state index in [1.165, 1.54) is 12.1 Å². The second-order valence-electron chi connectivity index (χ2n) is 7.97. The van der Waals surface area contributed by atoms with E-state index in [1.807, 2.05) is 58.0 Å². The molecule has 32 heavy (non-hydrogen) atoms. The van der Waals surface area contributed by atoms with Crippen molar-refractivity contribution in [2.24, 2.45) is 0 Å². The van der Waals surface area contributed by atoms with Gasteiger partial charge in [-0.15, -0.1) is 0 Å². The third-order valence-corrected chi connectivity index (χ3v) is 6.45. The Morgan fingerprint density at radius 2 is 1.47 bits per heavy atom. The van der Waals surface area contributed by atoms with Crippen LogP contribution in [0.1, 0.15) is 29.2 Å². The summed E-state index contributed by atoms with van der Waals surface area (Å²) >= 11 is 0. The first-order valence-electron chi connectivity index (χ1n) is 10.3. The Kier molecular flexibility index (Phi) is 6.89. The van der Waals surface area contributed by atoms with E-state index in [-0.39, 0.29) is 10.8 Å². The Labute approximate surface area is 189 Å². The fraction of sp³-hybridized carbons (Fsp3) is 0.240. The van der Waals surface area contributed by atoms with Gasteiger partial charge in [0.2, 0.25) is 0 Å². The van der Waals surface area contributed by atoms with E-state index in [2.05, 4.69) is 10.0 Å². The SMILES string of the molecule is Cc1ccc(O[C@@H](C)C(=O)Nc2ccc(S(=O)(=O)Nc3cc(C)ccc3C)cc2)c(C)c1. The Morgan fingerprint density at radius 3 is 2.12 bits per heavy atom. The first-order valence-corrected chi connectivity index (χ1v) is 11.8. The van der Waals surface area contributed by atoms with E-state index in [0.29, 0.717) is 17.1 Å². The highest BCUT2D eigenvalue weighted by atomic mass is 32.2. The van der Waals surface area contributed by atoms with Crippen LogP contribution in [0.15, 0.2) is 65.6 Å². The molecule has 0 unspecified atom stereocenters. The molecule has 0 aliphatic rings. The van der Waals surface area contributed by atoms with Gasteiger partial charge in [-0.25, -0.2) is 8.42 Å². The number of hydrogen-bond donors (Lipinski definition) is 2. The minimum absolute atomic E-state index is 0.107. The molecule has 2 N–H and O–H groups in total. The summed E-state index contributed by atoms with van der Waals surface area (Å²) in [6, 6.07) is 17.4. The van der Waals surface area contributed by atoms with Gasteiger partial charge in [0.15, 0.2) is 6.10 Å². The summed E-state index contributed by atoms with van der Waals surface area (Å²) in [5.74, 6) is 0.325. The normalized spacial score (nSPS) is 12.2. The van der Waals surface area contributed by atoms with E-state index in [9.17, 15) is 13.2 Å². The van der Waals surface area contributed by atoms with Gasteiger partial charge in [-0.3, -0.25) is 9.52 Å². The van der Waals surface area contributed by atoms with Crippen LogP contribution in [0.2, 0.25) is 0 Å². The maximum atomic E-state index is 12.7. The Hall–Kier alpha value is -3.32. The molecule has 3 rings (SSSR count). The smallest absolute Gasteiger partial charge is 0.265 e. The van der Waals surface area contributed by atoms with Crippen molar-refractivity contribution >= 4 is 27.3 Å². The summed E-state index contributed by atoms with van der Waals surface area (Å²) in [5, 5.41) is 2.76. The molecule has 168 valence electrons. The van der Waals surface area contributed by atoms with Crippen LogP contribution in [-0.2, 0) is 14.8 Å². The molecule has 3 aromatic carbocycles. The highest BCUT2D eigenvalue weighted by Gasteiger charge is 2.18. The second kappa shape index (κ2) is 9.44. The van der Waals surface area contributed by atoms with Crippen molar-refractivity contribution in [1.29, 1.82) is 0 Å². The third-order valence-electron chi connectivity index (χ3n) is 5.07. The van der Waals surface area contributed by atoms with Gasteiger partial charge in [0.1, 0.15) is 5.75 Å². The zero-order valence-electron chi connectivity index (χ0n) is 18.9. The first kappa shape index (κ1) is 23.3. The number of nitrogens with one attached hydrogen (secondary N) is 2. The summed E-state index contributed by atoms with van der Waals surface area (Å²) in [4.78, 5) is 12.6. The van der Waals surface area contributed by atoms with E-state index < -0.39 is 16.1 Å². The minimum atomic E-state index is -3.75. The highest BCUT2D eigenvalue weighted by Crippen LogP contribution is 2.23. The summed E-state index contributed by atoms with van der Waals surface area (Å²) in [6.07, 6.45) is -0.717. The molecule has 0 aliphatic heterocycles. The number of anilines is 2. The Bertz CT molecular complexity index is 1240. The maximum Gasteiger partial charge on any atom is 0.265 e. The van der Waals surface area contributed by atoms with Gasteiger partial charge in [-0.2, -0.15) is 0 Å². The number of carbonyl (C=O) groups excluding carboxylic acids is 1. The van der Waals surface area contributed by atoms with Gasteiger partial charge in [0.25, 0.3) is 15.9 Å².